The summed E-state index contributed by atoms with van der Waals surface area (Å²) >= 11 is 0. The first-order valence-corrected chi connectivity index (χ1v) is 6.23. The highest BCUT2D eigenvalue weighted by molar-refractivity contribution is 5.98. The second kappa shape index (κ2) is 5.61. The van der Waals surface area contributed by atoms with Crippen molar-refractivity contribution in [3.05, 3.63) is 39.6 Å². The van der Waals surface area contributed by atoms with E-state index in [1.165, 1.54) is 18.2 Å². The molecular weight excluding hydrogens is 278 g/mol. The van der Waals surface area contributed by atoms with E-state index in [9.17, 15) is 24.8 Å². The number of nitro benzene ring substituents is 1. The van der Waals surface area contributed by atoms with Crippen LogP contribution in [0.25, 0.3) is 10.9 Å². The summed E-state index contributed by atoms with van der Waals surface area (Å²) in [5, 5.41) is 23.0. The molecule has 8 heteroatoms. The molecule has 2 aromatic rings. The highest BCUT2D eigenvalue weighted by Crippen LogP contribution is 2.26. The first-order chi connectivity index (χ1) is 9.93. The van der Waals surface area contributed by atoms with Crippen molar-refractivity contribution >= 4 is 28.5 Å². The smallest absolute Gasteiger partial charge is 0.352 e. The average Bonchev–Trinajstić information content (AvgIpc) is 2.82. The number of benzene rings is 1. The maximum Gasteiger partial charge on any atom is 0.352 e. The molecule has 1 aromatic heterocycles. The lowest BCUT2D eigenvalue weighted by Gasteiger charge is -2.04. The van der Waals surface area contributed by atoms with Crippen molar-refractivity contribution in [3.8, 4) is 0 Å². The Labute approximate surface area is 118 Å². The lowest BCUT2D eigenvalue weighted by atomic mass is 10.1. The van der Waals surface area contributed by atoms with Crippen LogP contribution in [0.4, 0.5) is 5.69 Å². The molecule has 0 radical (unpaired) electrons. The average molecular weight is 291 g/mol. The molecule has 0 aliphatic rings. The highest BCUT2D eigenvalue weighted by Gasteiger charge is 2.19. The van der Waals surface area contributed by atoms with Gasteiger partial charge in [-0.15, -0.1) is 0 Å². The predicted molar refractivity (Wildman–Crippen MR) is 74.1 cm³/mol. The number of non-ortho nitro benzene ring substituents is 1. The number of nitrogens with one attached hydrogen (secondary N) is 2. The van der Waals surface area contributed by atoms with Crippen molar-refractivity contribution in [2.24, 2.45) is 0 Å². The van der Waals surface area contributed by atoms with Crippen LogP contribution in [0.2, 0.25) is 0 Å². The van der Waals surface area contributed by atoms with Crippen molar-refractivity contribution in [2.75, 3.05) is 0 Å². The number of carbonyl (C=O) groups excluding carboxylic acids is 1. The molecule has 0 saturated carbocycles. The van der Waals surface area contributed by atoms with Gasteiger partial charge in [-0.05, 0) is 6.07 Å². The van der Waals surface area contributed by atoms with Crippen LogP contribution in [-0.2, 0) is 11.3 Å². The lowest BCUT2D eigenvalue weighted by Crippen LogP contribution is -2.22. The van der Waals surface area contributed by atoms with Gasteiger partial charge < -0.3 is 15.4 Å². The number of carbonyl (C=O) groups is 2. The zero-order valence-corrected chi connectivity index (χ0v) is 11.2. The van der Waals surface area contributed by atoms with Crippen LogP contribution in [-0.4, -0.2) is 26.9 Å². The van der Waals surface area contributed by atoms with Crippen LogP contribution in [0.5, 0.6) is 0 Å². The molecule has 0 saturated heterocycles. The first-order valence-electron chi connectivity index (χ1n) is 6.23. The van der Waals surface area contributed by atoms with Crippen molar-refractivity contribution in [1.29, 1.82) is 0 Å². The minimum Gasteiger partial charge on any atom is -0.477 e. The second-order valence-corrected chi connectivity index (χ2v) is 4.40. The summed E-state index contributed by atoms with van der Waals surface area (Å²) in [6.45, 7) is 1.67. The number of nitrogens with zero attached hydrogens (tertiary/aromatic N) is 1. The normalized spacial score (nSPS) is 10.5. The molecule has 0 spiro atoms. The lowest BCUT2D eigenvalue weighted by molar-refractivity contribution is -0.384. The molecule has 2 rings (SSSR count). The van der Waals surface area contributed by atoms with Gasteiger partial charge in [-0.1, -0.05) is 6.92 Å². The number of carboxylic acid groups (broad SMARTS) is 1. The molecule has 0 atom stereocenters. The molecule has 21 heavy (non-hydrogen) atoms. The summed E-state index contributed by atoms with van der Waals surface area (Å²) in [5.74, 6) is -1.42. The topological polar surface area (TPSA) is 125 Å². The molecular formula is C13H13N3O5. The number of aromatic carboxylic acids is 1. The van der Waals surface area contributed by atoms with Crippen molar-refractivity contribution in [2.45, 2.75) is 19.9 Å². The first kappa shape index (κ1) is 14.5. The summed E-state index contributed by atoms with van der Waals surface area (Å²) in [6, 6.07) is 4.04. The largest absolute Gasteiger partial charge is 0.477 e. The minimum absolute atomic E-state index is 0.00449. The Bertz CT molecular complexity index is 735. The van der Waals surface area contributed by atoms with Crippen molar-refractivity contribution < 1.29 is 19.6 Å². The third-order valence-corrected chi connectivity index (χ3v) is 3.10. The van der Waals surface area contributed by atoms with Gasteiger partial charge in [0.2, 0.25) is 5.91 Å². The molecule has 0 aliphatic carbocycles. The summed E-state index contributed by atoms with van der Waals surface area (Å²) in [6.07, 6.45) is 0.269. The Morgan fingerprint density at radius 1 is 1.43 bits per heavy atom. The molecule has 0 fully saturated rings. The van der Waals surface area contributed by atoms with Gasteiger partial charge in [-0.2, -0.15) is 0 Å². The molecule has 0 aliphatic heterocycles. The van der Waals surface area contributed by atoms with Gasteiger partial charge >= 0.3 is 5.97 Å². The van der Waals surface area contributed by atoms with Crippen LogP contribution < -0.4 is 5.32 Å². The zero-order valence-electron chi connectivity index (χ0n) is 11.2. The second-order valence-electron chi connectivity index (χ2n) is 4.40. The number of H-pyrrole nitrogens is 1. The molecule has 3 N–H and O–H groups in total. The van der Waals surface area contributed by atoms with Crippen molar-refractivity contribution in [1.82, 2.24) is 10.3 Å². The number of hydrogen-bond acceptors (Lipinski definition) is 4. The van der Waals surface area contributed by atoms with Crippen molar-refractivity contribution in [3.63, 3.8) is 0 Å². The maximum absolute atomic E-state index is 11.3. The summed E-state index contributed by atoms with van der Waals surface area (Å²) in [4.78, 5) is 35.5. The molecule has 8 nitrogen and oxygen atoms in total. The number of hydrogen-bond donors (Lipinski definition) is 3. The van der Waals surface area contributed by atoms with Gasteiger partial charge in [-0.3, -0.25) is 14.9 Å². The fourth-order valence-corrected chi connectivity index (χ4v) is 2.03. The number of fused-ring (bicyclic) bond motifs is 1. The number of carboxylic acids is 1. The molecule has 0 bridgehead atoms. The number of nitro groups is 1. The number of rotatable bonds is 5. The molecule has 1 amide bonds. The summed E-state index contributed by atoms with van der Waals surface area (Å²) < 4.78 is 0. The fraction of sp³-hybridized carbons (Fsp3) is 0.231. The number of amides is 1. The van der Waals surface area contributed by atoms with E-state index in [2.05, 4.69) is 10.3 Å². The standard InChI is InChI=1S/C13H13N3O5/c1-2-11(17)14-6-9-8-5-7(16(20)21)3-4-10(8)15-12(9)13(18)19/h3-5,15H,2,6H2,1H3,(H,14,17)(H,18,19). The summed E-state index contributed by atoms with van der Waals surface area (Å²) in [5.41, 5.74) is 0.574. The van der Waals surface area contributed by atoms with Crippen LogP contribution in [0, 0.1) is 10.1 Å². The van der Waals surface area contributed by atoms with Gasteiger partial charge in [0.25, 0.3) is 5.69 Å². The molecule has 110 valence electrons. The Hall–Kier alpha value is -2.90. The Balaban J connectivity index is 2.53. The summed E-state index contributed by atoms with van der Waals surface area (Å²) in [7, 11) is 0. The maximum atomic E-state index is 11.3. The van der Waals surface area contributed by atoms with E-state index in [0.29, 0.717) is 16.5 Å². The Morgan fingerprint density at radius 2 is 2.14 bits per heavy atom. The van der Waals surface area contributed by atoms with Crippen LogP contribution >= 0.6 is 0 Å². The third kappa shape index (κ3) is 2.83. The van der Waals surface area contributed by atoms with E-state index in [1.807, 2.05) is 0 Å². The minimum atomic E-state index is -1.19. The van der Waals surface area contributed by atoms with Crippen LogP contribution in [0.15, 0.2) is 18.2 Å². The van der Waals surface area contributed by atoms with Gasteiger partial charge in [-0.25, -0.2) is 4.79 Å². The monoisotopic (exact) mass is 291 g/mol. The number of aromatic amines is 1. The van der Waals surface area contributed by atoms with E-state index in [1.54, 1.807) is 6.92 Å². The van der Waals surface area contributed by atoms with Gasteiger partial charge in [0.15, 0.2) is 0 Å². The SMILES string of the molecule is CCC(=O)NCc1c(C(=O)O)[nH]c2ccc([N+](=O)[O-])cc12. The quantitative estimate of drug-likeness (QED) is 0.572. The molecule has 0 unspecified atom stereocenters. The van der Waals surface area contributed by atoms with E-state index < -0.39 is 10.9 Å². The molecule has 1 heterocycles. The van der Waals surface area contributed by atoms with E-state index in [0.717, 1.165) is 0 Å². The van der Waals surface area contributed by atoms with Crippen LogP contribution in [0.1, 0.15) is 29.4 Å². The van der Waals surface area contributed by atoms with E-state index in [-0.39, 0.29) is 30.3 Å². The van der Waals surface area contributed by atoms with E-state index in [4.69, 9.17) is 0 Å². The molecule has 1 aromatic carbocycles. The van der Waals surface area contributed by atoms with Gasteiger partial charge in [0.05, 0.1) is 4.92 Å². The fourth-order valence-electron chi connectivity index (χ4n) is 2.03. The Morgan fingerprint density at radius 3 is 2.71 bits per heavy atom. The van der Waals surface area contributed by atoms with E-state index >= 15 is 0 Å². The zero-order chi connectivity index (χ0) is 15.6. The highest BCUT2D eigenvalue weighted by atomic mass is 16.6. The van der Waals surface area contributed by atoms with Gasteiger partial charge in [0, 0.05) is 41.6 Å². The predicted octanol–water partition coefficient (Wildman–Crippen LogP) is 1.80. The Kier molecular flexibility index (Phi) is 3.88. The van der Waals surface area contributed by atoms with Gasteiger partial charge in [0.1, 0.15) is 5.69 Å². The van der Waals surface area contributed by atoms with Crippen LogP contribution in [0.3, 0.4) is 0 Å². The number of aromatic nitrogens is 1. The third-order valence-electron chi connectivity index (χ3n) is 3.10.